The lowest BCUT2D eigenvalue weighted by atomic mass is 9.80. The van der Waals surface area contributed by atoms with Gasteiger partial charge in [0.1, 0.15) is 11.6 Å². The molecule has 178 valence electrons. The van der Waals surface area contributed by atoms with Crippen molar-refractivity contribution < 1.29 is 13.9 Å². The summed E-state index contributed by atoms with van der Waals surface area (Å²) in [5.41, 5.74) is 3.10. The van der Waals surface area contributed by atoms with E-state index in [4.69, 9.17) is 9.84 Å². The molecule has 0 spiro atoms. The normalized spacial score (nSPS) is 21.4. The molecule has 1 aromatic carbocycles. The number of aromatic nitrogens is 3. The van der Waals surface area contributed by atoms with Gasteiger partial charge in [0.05, 0.1) is 23.1 Å². The van der Waals surface area contributed by atoms with Crippen LogP contribution in [-0.2, 0) is 17.6 Å². The highest BCUT2D eigenvalue weighted by molar-refractivity contribution is 5.90. The van der Waals surface area contributed by atoms with Gasteiger partial charge in [-0.1, -0.05) is 18.2 Å². The van der Waals surface area contributed by atoms with Crippen molar-refractivity contribution in [1.82, 2.24) is 25.4 Å². The first-order valence-electron chi connectivity index (χ1n) is 11.6. The van der Waals surface area contributed by atoms with Gasteiger partial charge in [0, 0.05) is 44.5 Å². The number of para-hydroxylation sites is 1. The standard InChI is InChI=1S/C25H29FN6O2/c1-34-11-10-25(16-28-15-21(25)17-12-18(26)14-27-13-17)30-24(33)29-23-20-8-5-9-22(20)31-32(23)19-6-3-2-4-7-19/h2-4,6-7,12-14,21,28H,5,8-11,15-16H2,1H3,(H2,29,30,33)/t21-,25+/m1/s1. The first kappa shape index (κ1) is 22.5. The zero-order valence-electron chi connectivity index (χ0n) is 19.2. The van der Waals surface area contributed by atoms with Gasteiger partial charge in [-0.2, -0.15) is 5.10 Å². The number of anilines is 1. The number of fused-ring (bicyclic) bond motifs is 1. The summed E-state index contributed by atoms with van der Waals surface area (Å²) in [6.07, 6.45) is 6.24. The number of ether oxygens (including phenoxy) is 1. The Morgan fingerprint density at radius 2 is 2.15 bits per heavy atom. The number of nitrogens with zero attached hydrogens (tertiary/aromatic N) is 3. The third-order valence-corrected chi connectivity index (χ3v) is 6.84. The van der Waals surface area contributed by atoms with E-state index in [-0.39, 0.29) is 11.9 Å². The molecule has 0 bridgehead atoms. The maximum Gasteiger partial charge on any atom is 0.320 e. The lowest BCUT2D eigenvalue weighted by molar-refractivity contribution is 0.155. The van der Waals surface area contributed by atoms with Gasteiger partial charge in [-0.15, -0.1) is 0 Å². The van der Waals surface area contributed by atoms with E-state index in [0.29, 0.717) is 31.9 Å². The minimum absolute atomic E-state index is 0.152. The summed E-state index contributed by atoms with van der Waals surface area (Å²) in [5, 5.41) is 14.5. The Morgan fingerprint density at radius 3 is 2.94 bits per heavy atom. The predicted octanol–water partition coefficient (Wildman–Crippen LogP) is 3.18. The summed E-state index contributed by atoms with van der Waals surface area (Å²) in [6, 6.07) is 11.0. The number of hydrogen-bond donors (Lipinski definition) is 3. The molecule has 9 heteroatoms. The topological polar surface area (TPSA) is 93.1 Å². The average Bonchev–Trinajstić information content (AvgIpc) is 3.55. The molecule has 8 nitrogen and oxygen atoms in total. The number of urea groups is 1. The highest BCUT2D eigenvalue weighted by Crippen LogP contribution is 2.35. The van der Waals surface area contributed by atoms with Crippen LogP contribution in [0.2, 0.25) is 0 Å². The molecular weight excluding hydrogens is 435 g/mol. The molecule has 2 amide bonds. The highest BCUT2D eigenvalue weighted by Gasteiger charge is 2.45. The molecule has 1 aliphatic heterocycles. The molecule has 5 rings (SSSR count). The van der Waals surface area contributed by atoms with Crippen LogP contribution < -0.4 is 16.0 Å². The second kappa shape index (κ2) is 9.52. The summed E-state index contributed by atoms with van der Waals surface area (Å²) < 4.78 is 21.1. The summed E-state index contributed by atoms with van der Waals surface area (Å²) >= 11 is 0. The number of carbonyl (C=O) groups excluding carboxylic acids is 1. The van der Waals surface area contributed by atoms with Gasteiger partial charge in [-0.25, -0.2) is 13.9 Å². The fourth-order valence-electron chi connectivity index (χ4n) is 5.20. The summed E-state index contributed by atoms with van der Waals surface area (Å²) in [4.78, 5) is 17.5. The molecular formula is C25H29FN6O2. The van der Waals surface area contributed by atoms with E-state index in [1.807, 2.05) is 35.0 Å². The fraction of sp³-hybridized carbons (Fsp3) is 0.400. The Bertz CT molecular complexity index is 1170. The van der Waals surface area contributed by atoms with Crippen LogP contribution in [0.25, 0.3) is 5.69 Å². The van der Waals surface area contributed by atoms with Crippen LogP contribution in [0.1, 0.15) is 35.6 Å². The Balaban J connectivity index is 1.43. The van der Waals surface area contributed by atoms with Crippen LogP contribution in [0.4, 0.5) is 15.0 Å². The Morgan fingerprint density at radius 1 is 1.29 bits per heavy atom. The smallest absolute Gasteiger partial charge is 0.320 e. The molecule has 0 radical (unpaired) electrons. The van der Waals surface area contributed by atoms with Crippen molar-refractivity contribution in [2.75, 3.05) is 32.1 Å². The third-order valence-electron chi connectivity index (χ3n) is 6.84. The molecule has 3 aromatic rings. The zero-order valence-corrected chi connectivity index (χ0v) is 19.2. The fourth-order valence-corrected chi connectivity index (χ4v) is 5.20. The number of aryl methyl sites for hydroxylation is 1. The number of halogens is 1. The second-order valence-corrected chi connectivity index (χ2v) is 8.97. The molecule has 34 heavy (non-hydrogen) atoms. The Labute approximate surface area is 197 Å². The Hall–Kier alpha value is -3.30. The molecule has 2 aliphatic rings. The second-order valence-electron chi connectivity index (χ2n) is 8.97. The molecule has 1 saturated heterocycles. The number of benzene rings is 1. The van der Waals surface area contributed by atoms with Crippen LogP contribution in [0.5, 0.6) is 0 Å². The molecule has 1 fully saturated rings. The van der Waals surface area contributed by atoms with Gasteiger partial charge >= 0.3 is 6.03 Å². The molecule has 2 aromatic heterocycles. The minimum atomic E-state index is -0.656. The van der Waals surface area contributed by atoms with Crippen LogP contribution in [-0.4, -0.2) is 53.1 Å². The first-order valence-corrected chi connectivity index (χ1v) is 11.6. The van der Waals surface area contributed by atoms with E-state index < -0.39 is 11.4 Å². The summed E-state index contributed by atoms with van der Waals surface area (Å²) in [5.74, 6) is 0.159. The van der Waals surface area contributed by atoms with Crippen LogP contribution in [0, 0.1) is 5.82 Å². The van der Waals surface area contributed by atoms with Gasteiger partial charge in [0.15, 0.2) is 0 Å². The number of rotatable bonds is 7. The van der Waals surface area contributed by atoms with Gasteiger partial charge < -0.3 is 15.4 Å². The van der Waals surface area contributed by atoms with E-state index in [0.717, 1.165) is 41.8 Å². The zero-order chi connectivity index (χ0) is 23.5. The van der Waals surface area contributed by atoms with Gasteiger partial charge in [0.25, 0.3) is 0 Å². The molecule has 3 N–H and O–H groups in total. The largest absolute Gasteiger partial charge is 0.385 e. The number of hydrogen-bond acceptors (Lipinski definition) is 5. The lowest BCUT2D eigenvalue weighted by Gasteiger charge is -2.36. The number of carbonyl (C=O) groups is 1. The quantitative estimate of drug-likeness (QED) is 0.500. The third kappa shape index (κ3) is 4.28. The Kier molecular flexibility index (Phi) is 6.30. The van der Waals surface area contributed by atoms with E-state index in [1.165, 1.54) is 12.3 Å². The molecule has 3 heterocycles. The van der Waals surface area contributed by atoms with E-state index in [2.05, 4.69) is 20.9 Å². The minimum Gasteiger partial charge on any atom is -0.385 e. The van der Waals surface area contributed by atoms with E-state index in [9.17, 15) is 9.18 Å². The molecule has 1 aliphatic carbocycles. The molecule has 2 atom stereocenters. The maximum absolute atomic E-state index is 14.0. The van der Waals surface area contributed by atoms with Crippen LogP contribution in [0.15, 0.2) is 48.8 Å². The van der Waals surface area contributed by atoms with Crippen molar-refractivity contribution in [3.63, 3.8) is 0 Å². The van der Waals surface area contributed by atoms with Crippen molar-refractivity contribution >= 4 is 11.8 Å². The number of pyridine rings is 1. The lowest BCUT2D eigenvalue weighted by Crippen LogP contribution is -2.55. The van der Waals surface area contributed by atoms with Crippen LogP contribution in [0.3, 0.4) is 0 Å². The van der Waals surface area contributed by atoms with Gasteiger partial charge in [-0.3, -0.25) is 10.3 Å². The van der Waals surface area contributed by atoms with Crippen LogP contribution >= 0.6 is 0 Å². The summed E-state index contributed by atoms with van der Waals surface area (Å²) in [7, 11) is 1.64. The number of amides is 2. The highest BCUT2D eigenvalue weighted by atomic mass is 19.1. The summed E-state index contributed by atoms with van der Waals surface area (Å²) in [6.45, 7) is 1.60. The van der Waals surface area contributed by atoms with Crippen molar-refractivity contribution in [2.45, 2.75) is 37.1 Å². The predicted molar refractivity (Wildman–Crippen MR) is 127 cm³/mol. The van der Waals surface area contributed by atoms with Crippen molar-refractivity contribution in [3.8, 4) is 5.69 Å². The first-order chi connectivity index (χ1) is 16.6. The van der Waals surface area contributed by atoms with Gasteiger partial charge in [0.2, 0.25) is 0 Å². The number of methoxy groups -OCH3 is 1. The molecule has 0 saturated carbocycles. The SMILES string of the molecule is COCC[C@]1(NC(=O)Nc2c3c(nn2-c2ccccc2)CCC3)CNC[C@@H]1c1cncc(F)c1. The van der Waals surface area contributed by atoms with Gasteiger partial charge in [-0.05, 0) is 49.4 Å². The number of nitrogens with one attached hydrogen (secondary N) is 3. The van der Waals surface area contributed by atoms with E-state index >= 15 is 0 Å². The average molecular weight is 465 g/mol. The van der Waals surface area contributed by atoms with Crippen molar-refractivity contribution in [3.05, 3.63) is 71.4 Å². The molecule has 0 unspecified atom stereocenters. The van der Waals surface area contributed by atoms with E-state index in [1.54, 1.807) is 13.3 Å². The monoisotopic (exact) mass is 464 g/mol. The van der Waals surface area contributed by atoms with Crippen molar-refractivity contribution in [1.29, 1.82) is 0 Å². The van der Waals surface area contributed by atoms with Crippen molar-refractivity contribution in [2.24, 2.45) is 0 Å². The maximum atomic E-state index is 14.0.